The average Bonchev–Trinajstić information content (AvgIpc) is 3.28. The topological polar surface area (TPSA) is 45.3 Å². The van der Waals surface area contributed by atoms with Crippen LogP contribution in [0.4, 0.5) is 0 Å². The molecule has 1 saturated heterocycles. The molecule has 24 heavy (non-hydrogen) atoms. The zero-order valence-electron chi connectivity index (χ0n) is 13.7. The Morgan fingerprint density at radius 3 is 2.71 bits per heavy atom. The summed E-state index contributed by atoms with van der Waals surface area (Å²) in [5.74, 6) is 0.912. The molecule has 122 valence electrons. The van der Waals surface area contributed by atoms with E-state index in [1.54, 1.807) is 7.11 Å². The second-order valence-corrected chi connectivity index (χ2v) is 6.20. The maximum atomic E-state index is 13.0. The number of aromatic amines is 1. The Morgan fingerprint density at radius 1 is 1.17 bits per heavy atom. The van der Waals surface area contributed by atoms with Crippen LogP contribution >= 0.6 is 0 Å². The van der Waals surface area contributed by atoms with E-state index < -0.39 is 0 Å². The molecule has 1 fully saturated rings. The Kier molecular flexibility index (Phi) is 3.73. The summed E-state index contributed by atoms with van der Waals surface area (Å²) in [5.41, 5.74) is 2.83. The molecule has 1 aliphatic heterocycles. The molecule has 1 unspecified atom stereocenters. The van der Waals surface area contributed by atoms with E-state index >= 15 is 0 Å². The van der Waals surface area contributed by atoms with E-state index in [4.69, 9.17) is 4.74 Å². The number of rotatable bonds is 3. The van der Waals surface area contributed by atoms with Gasteiger partial charge in [0.2, 0.25) is 0 Å². The molecular formula is C20H20N2O2. The van der Waals surface area contributed by atoms with Crippen molar-refractivity contribution in [1.29, 1.82) is 0 Å². The largest absolute Gasteiger partial charge is 0.497 e. The van der Waals surface area contributed by atoms with Crippen LogP contribution < -0.4 is 4.74 Å². The average molecular weight is 320 g/mol. The molecule has 2 heterocycles. The number of methoxy groups -OCH3 is 1. The number of aromatic nitrogens is 1. The molecule has 0 spiro atoms. The van der Waals surface area contributed by atoms with Gasteiger partial charge in [-0.3, -0.25) is 4.79 Å². The molecular weight excluding hydrogens is 300 g/mol. The first kappa shape index (κ1) is 14.8. The minimum atomic E-state index is 0.0736. The van der Waals surface area contributed by atoms with E-state index in [9.17, 15) is 4.79 Å². The predicted octanol–water partition coefficient (Wildman–Crippen LogP) is 4.15. The van der Waals surface area contributed by atoms with Crippen LogP contribution in [0.5, 0.6) is 5.75 Å². The highest BCUT2D eigenvalue weighted by atomic mass is 16.5. The number of para-hydroxylation sites is 1. The van der Waals surface area contributed by atoms with E-state index in [1.165, 1.54) is 0 Å². The van der Waals surface area contributed by atoms with Crippen molar-refractivity contribution in [2.45, 2.75) is 18.9 Å². The molecule has 0 saturated carbocycles. The normalized spacial score (nSPS) is 17.4. The van der Waals surface area contributed by atoms with Gasteiger partial charge in [-0.05, 0) is 42.7 Å². The maximum absolute atomic E-state index is 13.0. The number of nitrogens with zero attached hydrogens (tertiary/aromatic N) is 1. The Labute approximate surface area is 141 Å². The van der Waals surface area contributed by atoms with Crippen molar-refractivity contribution in [3.8, 4) is 5.75 Å². The third-order valence-electron chi connectivity index (χ3n) is 4.77. The molecule has 4 heteroatoms. The monoisotopic (exact) mass is 320 g/mol. The van der Waals surface area contributed by atoms with Crippen molar-refractivity contribution in [3.05, 3.63) is 65.9 Å². The van der Waals surface area contributed by atoms with Crippen LogP contribution in [0.2, 0.25) is 0 Å². The van der Waals surface area contributed by atoms with Crippen LogP contribution in [-0.4, -0.2) is 29.4 Å². The number of H-pyrrole nitrogens is 1. The lowest BCUT2D eigenvalue weighted by Crippen LogP contribution is -2.30. The van der Waals surface area contributed by atoms with E-state index in [2.05, 4.69) is 17.1 Å². The first-order valence-electron chi connectivity index (χ1n) is 8.29. The molecule has 0 bridgehead atoms. The van der Waals surface area contributed by atoms with Gasteiger partial charge in [0.05, 0.1) is 13.2 Å². The van der Waals surface area contributed by atoms with Crippen LogP contribution in [0.1, 0.15) is 34.9 Å². The molecule has 0 aliphatic carbocycles. The van der Waals surface area contributed by atoms with Gasteiger partial charge in [-0.1, -0.05) is 30.3 Å². The van der Waals surface area contributed by atoms with Gasteiger partial charge in [0, 0.05) is 17.4 Å². The van der Waals surface area contributed by atoms with Crippen LogP contribution in [0.25, 0.3) is 10.9 Å². The zero-order chi connectivity index (χ0) is 16.5. The molecule has 2 aromatic carbocycles. The molecule has 1 aromatic heterocycles. The van der Waals surface area contributed by atoms with Crippen molar-refractivity contribution in [2.24, 2.45) is 0 Å². The SMILES string of the molecule is COc1ccc(C2CCCN2C(=O)c2cc3ccccc3[nH]2)cc1. The van der Waals surface area contributed by atoms with Crippen molar-refractivity contribution in [3.63, 3.8) is 0 Å². The van der Waals surface area contributed by atoms with Gasteiger partial charge in [-0.2, -0.15) is 0 Å². The van der Waals surface area contributed by atoms with E-state index in [-0.39, 0.29) is 11.9 Å². The fourth-order valence-corrected chi connectivity index (χ4v) is 3.53. The zero-order valence-corrected chi connectivity index (χ0v) is 13.7. The molecule has 1 amide bonds. The molecule has 4 rings (SSSR count). The van der Waals surface area contributed by atoms with E-state index in [0.29, 0.717) is 5.69 Å². The number of likely N-dealkylation sites (tertiary alicyclic amines) is 1. The Morgan fingerprint density at radius 2 is 1.96 bits per heavy atom. The fourth-order valence-electron chi connectivity index (χ4n) is 3.53. The summed E-state index contributed by atoms with van der Waals surface area (Å²) in [6.45, 7) is 0.797. The van der Waals surface area contributed by atoms with Crippen molar-refractivity contribution in [1.82, 2.24) is 9.88 Å². The molecule has 4 nitrogen and oxygen atoms in total. The van der Waals surface area contributed by atoms with Crippen LogP contribution in [0.15, 0.2) is 54.6 Å². The third kappa shape index (κ3) is 2.54. The lowest BCUT2D eigenvalue weighted by molar-refractivity contribution is 0.0730. The number of amides is 1. The minimum absolute atomic E-state index is 0.0736. The van der Waals surface area contributed by atoms with Crippen molar-refractivity contribution >= 4 is 16.8 Å². The summed E-state index contributed by atoms with van der Waals surface area (Å²) in [7, 11) is 1.66. The molecule has 1 N–H and O–H groups in total. The molecule has 1 aliphatic rings. The highest BCUT2D eigenvalue weighted by Crippen LogP contribution is 2.34. The Balaban J connectivity index is 1.62. The standard InChI is InChI=1S/C20H20N2O2/c1-24-16-10-8-14(9-11-16)19-7-4-12-22(19)20(23)18-13-15-5-2-3-6-17(15)21-18/h2-3,5-6,8-11,13,19,21H,4,7,12H2,1H3. The predicted molar refractivity (Wildman–Crippen MR) is 94.3 cm³/mol. The summed E-state index contributed by atoms with van der Waals surface area (Å²) in [5, 5.41) is 1.07. The second-order valence-electron chi connectivity index (χ2n) is 6.20. The summed E-state index contributed by atoms with van der Waals surface area (Å²) in [4.78, 5) is 18.2. The maximum Gasteiger partial charge on any atom is 0.270 e. The van der Waals surface area contributed by atoms with Gasteiger partial charge in [0.25, 0.3) is 5.91 Å². The van der Waals surface area contributed by atoms with Gasteiger partial charge < -0.3 is 14.6 Å². The number of benzene rings is 2. The van der Waals surface area contributed by atoms with E-state index in [1.807, 2.05) is 47.4 Å². The number of fused-ring (bicyclic) bond motifs is 1. The number of ether oxygens (including phenoxy) is 1. The smallest absolute Gasteiger partial charge is 0.270 e. The molecule has 0 radical (unpaired) electrons. The Hall–Kier alpha value is -2.75. The van der Waals surface area contributed by atoms with Crippen LogP contribution in [0, 0.1) is 0 Å². The number of carbonyl (C=O) groups is 1. The fraction of sp³-hybridized carbons (Fsp3) is 0.250. The second kappa shape index (κ2) is 6.04. The summed E-state index contributed by atoms with van der Waals surface area (Å²) in [6.07, 6.45) is 2.03. The van der Waals surface area contributed by atoms with Crippen LogP contribution in [0.3, 0.4) is 0 Å². The summed E-state index contributed by atoms with van der Waals surface area (Å²) < 4.78 is 5.22. The first-order chi connectivity index (χ1) is 11.8. The summed E-state index contributed by atoms with van der Waals surface area (Å²) in [6, 6.07) is 18.1. The van der Waals surface area contributed by atoms with Gasteiger partial charge in [0.1, 0.15) is 11.4 Å². The van der Waals surface area contributed by atoms with Gasteiger partial charge in [-0.25, -0.2) is 0 Å². The number of nitrogens with one attached hydrogen (secondary N) is 1. The highest BCUT2D eigenvalue weighted by Gasteiger charge is 2.31. The van der Waals surface area contributed by atoms with Gasteiger partial charge >= 0.3 is 0 Å². The number of hydrogen-bond donors (Lipinski definition) is 1. The number of carbonyl (C=O) groups excluding carboxylic acids is 1. The third-order valence-corrected chi connectivity index (χ3v) is 4.77. The van der Waals surface area contributed by atoms with Gasteiger partial charge in [0.15, 0.2) is 0 Å². The lowest BCUT2D eigenvalue weighted by atomic mass is 10.0. The van der Waals surface area contributed by atoms with Crippen molar-refractivity contribution in [2.75, 3.05) is 13.7 Å². The molecule has 3 aromatic rings. The quantitative estimate of drug-likeness (QED) is 0.788. The minimum Gasteiger partial charge on any atom is -0.497 e. The number of hydrogen-bond acceptors (Lipinski definition) is 2. The van der Waals surface area contributed by atoms with E-state index in [0.717, 1.165) is 41.6 Å². The Bertz CT molecular complexity index is 834. The van der Waals surface area contributed by atoms with Crippen LogP contribution in [-0.2, 0) is 0 Å². The first-order valence-corrected chi connectivity index (χ1v) is 8.29. The molecule has 1 atom stereocenters. The summed E-state index contributed by atoms with van der Waals surface area (Å²) >= 11 is 0. The van der Waals surface area contributed by atoms with Gasteiger partial charge in [-0.15, -0.1) is 0 Å². The van der Waals surface area contributed by atoms with Crippen molar-refractivity contribution < 1.29 is 9.53 Å². The lowest BCUT2D eigenvalue weighted by Gasteiger charge is -2.24. The highest BCUT2D eigenvalue weighted by molar-refractivity contribution is 5.98.